The molecule has 0 aromatic heterocycles. The van der Waals surface area contributed by atoms with E-state index >= 15 is 0 Å². The monoisotopic (exact) mass is 301 g/mol. The van der Waals surface area contributed by atoms with Crippen LogP contribution >= 0.6 is 0 Å². The van der Waals surface area contributed by atoms with Crippen molar-refractivity contribution in [1.82, 2.24) is 5.32 Å². The van der Waals surface area contributed by atoms with Gasteiger partial charge in [0.25, 0.3) is 0 Å². The van der Waals surface area contributed by atoms with E-state index in [0.29, 0.717) is 12.1 Å². The Kier molecular flexibility index (Phi) is 4.82. The number of carbonyl (C=O) groups is 1. The fraction of sp³-hybridized carbons (Fsp3) is 0.632. The van der Waals surface area contributed by atoms with Gasteiger partial charge in [-0.25, -0.2) is 0 Å². The van der Waals surface area contributed by atoms with Gasteiger partial charge in [0.05, 0.1) is 5.92 Å². The van der Waals surface area contributed by atoms with E-state index in [1.54, 1.807) is 0 Å². The molecule has 0 bridgehead atoms. The molecular weight excluding hydrogens is 274 g/mol. The SMILES string of the molecule is C[C@@H](NC1CCC(C(=O)O)CC1)c1ccc2c(c1)CCCC2. The predicted octanol–water partition coefficient (Wildman–Crippen LogP) is 3.86. The third-order valence-electron chi connectivity index (χ3n) is 5.43. The maximum atomic E-state index is 11.0. The van der Waals surface area contributed by atoms with Crippen LogP contribution in [-0.4, -0.2) is 17.1 Å². The zero-order valence-corrected chi connectivity index (χ0v) is 13.5. The van der Waals surface area contributed by atoms with Gasteiger partial charge in [-0.05, 0) is 75.0 Å². The number of hydrogen-bond donors (Lipinski definition) is 2. The Labute approximate surface area is 133 Å². The molecule has 0 heterocycles. The number of benzene rings is 1. The second kappa shape index (κ2) is 6.82. The molecule has 0 unspecified atom stereocenters. The highest BCUT2D eigenvalue weighted by Gasteiger charge is 2.26. The molecule has 0 aliphatic heterocycles. The number of fused-ring (bicyclic) bond motifs is 1. The van der Waals surface area contributed by atoms with Gasteiger partial charge in [0.1, 0.15) is 0 Å². The molecule has 3 rings (SSSR count). The summed E-state index contributed by atoms with van der Waals surface area (Å²) in [5.74, 6) is -0.752. The van der Waals surface area contributed by atoms with Crippen molar-refractivity contribution in [3.05, 3.63) is 34.9 Å². The van der Waals surface area contributed by atoms with Gasteiger partial charge in [-0.2, -0.15) is 0 Å². The van der Waals surface area contributed by atoms with Gasteiger partial charge in [-0.1, -0.05) is 18.2 Å². The lowest BCUT2D eigenvalue weighted by atomic mass is 9.85. The van der Waals surface area contributed by atoms with Crippen molar-refractivity contribution < 1.29 is 9.90 Å². The fourth-order valence-corrected chi connectivity index (χ4v) is 3.98. The minimum Gasteiger partial charge on any atom is -0.481 e. The van der Waals surface area contributed by atoms with Crippen LogP contribution in [0.1, 0.15) is 68.2 Å². The van der Waals surface area contributed by atoms with Crippen LogP contribution in [0, 0.1) is 5.92 Å². The van der Waals surface area contributed by atoms with Crippen LogP contribution in [0.5, 0.6) is 0 Å². The van der Waals surface area contributed by atoms with E-state index in [4.69, 9.17) is 5.11 Å². The molecule has 1 atom stereocenters. The van der Waals surface area contributed by atoms with Gasteiger partial charge in [0, 0.05) is 12.1 Å². The number of carboxylic acids is 1. The molecule has 2 aliphatic rings. The Bertz CT molecular complexity index is 532. The molecular formula is C19H27NO2. The van der Waals surface area contributed by atoms with Crippen LogP contribution in [0.15, 0.2) is 18.2 Å². The van der Waals surface area contributed by atoms with Gasteiger partial charge in [-0.15, -0.1) is 0 Å². The zero-order valence-electron chi connectivity index (χ0n) is 13.5. The average molecular weight is 301 g/mol. The molecule has 2 N–H and O–H groups in total. The van der Waals surface area contributed by atoms with Crippen LogP contribution < -0.4 is 5.32 Å². The first-order chi connectivity index (χ1) is 10.6. The fourth-order valence-electron chi connectivity index (χ4n) is 3.98. The molecule has 0 spiro atoms. The summed E-state index contributed by atoms with van der Waals surface area (Å²) in [6.07, 6.45) is 8.67. The van der Waals surface area contributed by atoms with Crippen molar-refractivity contribution in [2.24, 2.45) is 5.92 Å². The molecule has 1 aromatic carbocycles. The minimum absolute atomic E-state index is 0.128. The Morgan fingerprint density at radius 3 is 2.50 bits per heavy atom. The first-order valence-corrected chi connectivity index (χ1v) is 8.74. The average Bonchev–Trinajstić information content (AvgIpc) is 2.55. The van der Waals surface area contributed by atoms with E-state index in [-0.39, 0.29) is 5.92 Å². The number of nitrogens with one attached hydrogen (secondary N) is 1. The van der Waals surface area contributed by atoms with E-state index in [1.165, 1.54) is 42.4 Å². The summed E-state index contributed by atoms with van der Waals surface area (Å²) in [4.78, 5) is 11.0. The van der Waals surface area contributed by atoms with Crippen LogP contribution in [0.25, 0.3) is 0 Å². The Balaban J connectivity index is 1.58. The normalized spacial score (nSPS) is 26.2. The smallest absolute Gasteiger partial charge is 0.306 e. The second-order valence-electron chi connectivity index (χ2n) is 7.01. The standard InChI is InChI=1S/C19H27NO2/c1-13(20-18-10-8-15(9-11-18)19(21)22)16-7-6-14-4-2-3-5-17(14)12-16/h6-7,12-13,15,18,20H,2-5,8-11H2,1H3,(H,21,22)/t13-,15?,18?/m1/s1. The highest BCUT2D eigenvalue weighted by atomic mass is 16.4. The summed E-state index contributed by atoms with van der Waals surface area (Å²) in [5.41, 5.74) is 4.44. The van der Waals surface area contributed by atoms with Crippen molar-refractivity contribution in [3.8, 4) is 0 Å². The summed E-state index contributed by atoms with van der Waals surface area (Å²) in [7, 11) is 0. The lowest BCUT2D eigenvalue weighted by Crippen LogP contribution is -2.36. The third kappa shape index (κ3) is 3.52. The first kappa shape index (κ1) is 15.5. The van der Waals surface area contributed by atoms with E-state index in [2.05, 4.69) is 30.4 Å². The third-order valence-corrected chi connectivity index (χ3v) is 5.43. The van der Waals surface area contributed by atoms with Crippen LogP contribution in [0.4, 0.5) is 0 Å². The second-order valence-corrected chi connectivity index (χ2v) is 7.01. The molecule has 0 radical (unpaired) electrons. The topological polar surface area (TPSA) is 49.3 Å². The summed E-state index contributed by atoms with van der Waals surface area (Å²) >= 11 is 0. The highest BCUT2D eigenvalue weighted by molar-refractivity contribution is 5.70. The van der Waals surface area contributed by atoms with Crippen molar-refractivity contribution in [2.75, 3.05) is 0 Å². The Morgan fingerprint density at radius 1 is 1.14 bits per heavy atom. The van der Waals surface area contributed by atoms with Gasteiger partial charge >= 0.3 is 5.97 Å². The molecule has 1 fully saturated rings. The Hall–Kier alpha value is -1.35. The molecule has 0 saturated heterocycles. The van der Waals surface area contributed by atoms with Crippen LogP contribution in [0.3, 0.4) is 0 Å². The van der Waals surface area contributed by atoms with Gasteiger partial charge in [0.15, 0.2) is 0 Å². The van der Waals surface area contributed by atoms with E-state index in [9.17, 15) is 4.79 Å². The molecule has 2 aliphatic carbocycles. The molecule has 120 valence electrons. The number of aliphatic carboxylic acids is 1. The maximum absolute atomic E-state index is 11.0. The molecule has 3 heteroatoms. The largest absolute Gasteiger partial charge is 0.481 e. The minimum atomic E-state index is -0.624. The van der Waals surface area contributed by atoms with E-state index in [1.807, 2.05) is 0 Å². The maximum Gasteiger partial charge on any atom is 0.306 e. The van der Waals surface area contributed by atoms with Crippen molar-refractivity contribution in [1.29, 1.82) is 0 Å². The summed E-state index contributed by atoms with van der Waals surface area (Å²) in [6.45, 7) is 2.23. The zero-order chi connectivity index (χ0) is 15.5. The van der Waals surface area contributed by atoms with Crippen LogP contribution in [0.2, 0.25) is 0 Å². The summed E-state index contributed by atoms with van der Waals surface area (Å²) in [6, 6.07) is 7.77. The van der Waals surface area contributed by atoms with Crippen molar-refractivity contribution in [2.45, 2.75) is 70.4 Å². The predicted molar refractivity (Wildman–Crippen MR) is 88.0 cm³/mol. The Morgan fingerprint density at radius 2 is 1.82 bits per heavy atom. The first-order valence-electron chi connectivity index (χ1n) is 8.74. The summed E-state index contributed by atoms with van der Waals surface area (Å²) < 4.78 is 0. The number of hydrogen-bond acceptors (Lipinski definition) is 2. The van der Waals surface area contributed by atoms with Crippen molar-refractivity contribution in [3.63, 3.8) is 0 Å². The van der Waals surface area contributed by atoms with Gasteiger partial charge in [0.2, 0.25) is 0 Å². The van der Waals surface area contributed by atoms with Crippen LogP contribution in [-0.2, 0) is 17.6 Å². The molecule has 1 aromatic rings. The quantitative estimate of drug-likeness (QED) is 0.888. The molecule has 0 amide bonds. The lowest BCUT2D eigenvalue weighted by molar-refractivity contribution is -0.142. The molecule has 3 nitrogen and oxygen atoms in total. The van der Waals surface area contributed by atoms with Gasteiger partial charge < -0.3 is 10.4 Å². The number of aryl methyl sites for hydroxylation is 2. The lowest BCUT2D eigenvalue weighted by Gasteiger charge is -2.30. The van der Waals surface area contributed by atoms with E-state index in [0.717, 1.165) is 25.7 Å². The van der Waals surface area contributed by atoms with Gasteiger partial charge in [-0.3, -0.25) is 4.79 Å². The summed E-state index contributed by atoms with van der Waals surface area (Å²) in [5, 5.41) is 12.8. The van der Waals surface area contributed by atoms with Crippen molar-refractivity contribution >= 4 is 5.97 Å². The molecule has 1 saturated carbocycles. The highest BCUT2D eigenvalue weighted by Crippen LogP contribution is 2.28. The number of rotatable bonds is 4. The number of carboxylic acid groups (broad SMARTS) is 1. The molecule has 22 heavy (non-hydrogen) atoms. The van der Waals surface area contributed by atoms with E-state index < -0.39 is 5.97 Å².